The Morgan fingerprint density at radius 3 is 1.61 bits per heavy atom. The first-order chi connectivity index (χ1) is 8.40. The minimum absolute atomic E-state index is 0.325. The molecule has 0 atom stereocenters. The summed E-state index contributed by atoms with van der Waals surface area (Å²) in [5.41, 5.74) is 9.31. The lowest BCUT2D eigenvalue weighted by atomic mass is 10.4. The van der Waals surface area contributed by atoms with Gasteiger partial charge >= 0.3 is 23.8 Å². The summed E-state index contributed by atoms with van der Waals surface area (Å²) in [6.45, 7) is 0. The average Bonchev–Trinajstić information content (AvgIpc) is 2.29. The molecular weight excluding hydrogens is 246 g/mol. The molecular formula is C9H7N3O6. The number of pyridine rings is 1. The summed E-state index contributed by atoms with van der Waals surface area (Å²) < 4.78 is 8.85. The van der Waals surface area contributed by atoms with Crippen molar-refractivity contribution < 1.29 is 28.7 Å². The minimum Gasteiger partial charge on any atom is -0.400 e. The van der Waals surface area contributed by atoms with Gasteiger partial charge in [-0.2, -0.15) is 4.98 Å². The van der Waals surface area contributed by atoms with E-state index >= 15 is 0 Å². The fourth-order valence-corrected chi connectivity index (χ4v) is 0.800. The van der Waals surface area contributed by atoms with Gasteiger partial charge in [0, 0.05) is 12.1 Å². The molecule has 0 fully saturated rings. The number of nitrogens with two attached hydrogens (primary N) is 2. The van der Waals surface area contributed by atoms with Crippen molar-refractivity contribution in [3.8, 4) is 11.8 Å². The summed E-state index contributed by atoms with van der Waals surface area (Å²) in [5.74, 6) is -5.93. The van der Waals surface area contributed by atoms with Crippen molar-refractivity contribution in [3.63, 3.8) is 0 Å². The quantitative estimate of drug-likeness (QED) is 0.450. The van der Waals surface area contributed by atoms with Crippen LogP contribution in [0.2, 0.25) is 0 Å². The van der Waals surface area contributed by atoms with Crippen molar-refractivity contribution in [1.82, 2.24) is 4.98 Å². The Labute approximate surface area is 99.7 Å². The van der Waals surface area contributed by atoms with Gasteiger partial charge in [0.1, 0.15) is 0 Å². The van der Waals surface area contributed by atoms with Crippen molar-refractivity contribution in [2.45, 2.75) is 0 Å². The number of hydrogen-bond acceptors (Lipinski definition) is 7. The third kappa shape index (κ3) is 3.56. The van der Waals surface area contributed by atoms with Crippen LogP contribution in [0.4, 0.5) is 0 Å². The van der Waals surface area contributed by atoms with E-state index in [1.807, 2.05) is 0 Å². The number of esters is 2. The number of hydrogen-bond donors (Lipinski definition) is 2. The molecule has 1 aromatic rings. The Bertz CT molecular complexity index is 484. The lowest BCUT2D eigenvalue weighted by Crippen LogP contribution is -2.29. The second-order valence-corrected chi connectivity index (χ2v) is 2.82. The molecule has 0 spiro atoms. The van der Waals surface area contributed by atoms with Gasteiger partial charge < -0.3 is 20.9 Å². The molecule has 0 bridgehead atoms. The Morgan fingerprint density at radius 1 is 0.889 bits per heavy atom. The monoisotopic (exact) mass is 253 g/mol. The predicted octanol–water partition coefficient (Wildman–Crippen LogP) is -2.14. The second kappa shape index (κ2) is 5.39. The number of amides is 2. The van der Waals surface area contributed by atoms with Crippen LogP contribution in [0, 0.1) is 0 Å². The lowest BCUT2D eigenvalue weighted by molar-refractivity contribution is -0.147. The highest BCUT2D eigenvalue weighted by molar-refractivity contribution is 6.32. The van der Waals surface area contributed by atoms with Gasteiger partial charge in [-0.1, -0.05) is 6.07 Å². The van der Waals surface area contributed by atoms with Crippen LogP contribution < -0.4 is 20.9 Å². The van der Waals surface area contributed by atoms with Gasteiger partial charge in [-0.25, -0.2) is 9.59 Å². The van der Waals surface area contributed by atoms with Gasteiger partial charge in [-0.15, -0.1) is 0 Å². The maximum atomic E-state index is 10.8. The fourth-order valence-electron chi connectivity index (χ4n) is 0.800. The fraction of sp³-hybridized carbons (Fsp3) is 0. The van der Waals surface area contributed by atoms with Crippen LogP contribution in [-0.2, 0) is 19.2 Å². The van der Waals surface area contributed by atoms with Crippen molar-refractivity contribution in [3.05, 3.63) is 18.2 Å². The van der Waals surface area contributed by atoms with Crippen LogP contribution in [0.3, 0.4) is 0 Å². The summed E-state index contributed by atoms with van der Waals surface area (Å²) >= 11 is 0. The van der Waals surface area contributed by atoms with Crippen LogP contribution in [0.5, 0.6) is 11.8 Å². The predicted molar refractivity (Wildman–Crippen MR) is 53.9 cm³/mol. The van der Waals surface area contributed by atoms with Gasteiger partial charge in [0.25, 0.3) is 0 Å². The maximum Gasteiger partial charge on any atom is 0.403 e. The SMILES string of the molecule is NC(=O)C(=O)Oc1cccc(OC(=O)C(N)=O)n1. The molecule has 4 N–H and O–H groups in total. The number of carbonyl (C=O) groups is 4. The standard InChI is InChI=1S/C9H7N3O6/c10-6(13)8(15)17-4-2-1-3-5(12-4)18-9(16)7(11)14/h1-3H,(H2,10,13)(H2,11,14). The summed E-state index contributed by atoms with van der Waals surface area (Å²) in [6, 6.07) is 3.73. The number of rotatable bonds is 2. The van der Waals surface area contributed by atoms with Crippen LogP contribution in [0.15, 0.2) is 18.2 Å². The Balaban J connectivity index is 2.80. The third-order valence-electron chi connectivity index (χ3n) is 1.49. The first kappa shape index (κ1) is 13.1. The zero-order chi connectivity index (χ0) is 13.7. The molecule has 0 aliphatic heterocycles. The third-order valence-corrected chi connectivity index (χ3v) is 1.49. The van der Waals surface area contributed by atoms with Crippen LogP contribution in [-0.4, -0.2) is 28.7 Å². The van der Waals surface area contributed by atoms with E-state index in [2.05, 4.69) is 25.9 Å². The molecule has 1 rings (SSSR count). The van der Waals surface area contributed by atoms with Crippen molar-refractivity contribution in [2.75, 3.05) is 0 Å². The molecule has 0 saturated carbocycles. The molecule has 0 radical (unpaired) electrons. The number of nitrogens with zero attached hydrogens (tertiary/aromatic N) is 1. The molecule has 0 aliphatic rings. The largest absolute Gasteiger partial charge is 0.403 e. The Hall–Kier alpha value is -2.97. The van der Waals surface area contributed by atoms with Gasteiger partial charge in [-0.3, -0.25) is 9.59 Å². The first-order valence-electron chi connectivity index (χ1n) is 4.40. The Morgan fingerprint density at radius 2 is 1.28 bits per heavy atom. The molecule has 0 unspecified atom stereocenters. The number of carbonyl (C=O) groups excluding carboxylic acids is 4. The van der Waals surface area contributed by atoms with E-state index in [0.717, 1.165) is 0 Å². The van der Waals surface area contributed by atoms with Gasteiger partial charge in [0.2, 0.25) is 11.8 Å². The van der Waals surface area contributed by atoms with E-state index < -0.39 is 23.8 Å². The summed E-state index contributed by atoms with van der Waals surface area (Å²) in [5, 5.41) is 0. The summed E-state index contributed by atoms with van der Waals surface area (Å²) in [4.78, 5) is 46.0. The normalized spacial score (nSPS) is 9.33. The van der Waals surface area contributed by atoms with E-state index in [0.29, 0.717) is 0 Å². The smallest absolute Gasteiger partial charge is 0.400 e. The molecule has 9 nitrogen and oxygen atoms in total. The molecule has 0 aliphatic carbocycles. The highest BCUT2D eigenvalue weighted by atomic mass is 16.6. The zero-order valence-corrected chi connectivity index (χ0v) is 8.78. The average molecular weight is 253 g/mol. The molecule has 18 heavy (non-hydrogen) atoms. The van der Waals surface area contributed by atoms with Crippen LogP contribution in [0.25, 0.3) is 0 Å². The highest BCUT2D eigenvalue weighted by Gasteiger charge is 2.15. The molecule has 94 valence electrons. The van der Waals surface area contributed by atoms with E-state index in [4.69, 9.17) is 0 Å². The van der Waals surface area contributed by atoms with E-state index in [-0.39, 0.29) is 11.8 Å². The molecule has 2 amide bonds. The van der Waals surface area contributed by atoms with Crippen molar-refractivity contribution >= 4 is 23.8 Å². The van der Waals surface area contributed by atoms with Gasteiger partial charge in [-0.05, 0) is 0 Å². The number of ether oxygens (including phenoxy) is 2. The molecule has 0 saturated heterocycles. The summed E-state index contributed by atoms with van der Waals surface area (Å²) in [7, 11) is 0. The first-order valence-corrected chi connectivity index (χ1v) is 4.40. The lowest BCUT2D eigenvalue weighted by Gasteiger charge is -2.03. The van der Waals surface area contributed by atoms with Crippen LogP contribution in [0.1, 0.15) is 0 Å². The topological polar surface area (TPSA) is 152 Å². The summed E-state index contributed by atoms with van der Waals surface area (Å²) in [6.07, 6.45) is 0. The van der Waals surface area contributed by atoms with Crippen molar-refractivity contribution in [1.29, 1.82) is 0 Å². The Kier molecular flexibility index (Phi) is 3.92. The highest BCUT2D eigenvalue weighted by Crippen LogP contribution is 2.13. The number of primary amides is 2. The van der Waals surface area contributed by atoms with E-state index in [1.165, 1.54) is 18.2 Å². The minimum atomic E-state index is -1.33. The van der Waals surface area contributed by atoms with Gasteiger partial charge in [0.15, 0.2) is 0 Å². The molecule has 9 heteroatoms. The number of aromatic nitrogens is 1. The van der Waals surface area contributed by atoms with Gasteiger partial charge in [0.05, 0.1) is 0 Å². The second-order valence-electron chi connectivity index (χ2n) is 2.82. The van der Waals surface area contributed by atoms with Crippen molar-refractivity contribution in [2.24, 2.45) is 11.5 Å². The maximum absolute atomic E-state index is 10.8. The molecule has 1 heterocycles. The van der Waals surface area contributed by atoms with E-state index in [1.54, 1.807) is 0 Å². The van der Waals surface area contributed by atoms with Crippen LogP contribution >= 0.6 is 0 Å². The zero-order valence-electron chi connectivity index (χ0n) is 8.78. The molecule has 0 aromatic carbocycles. The molecule has 1 aromatic heterocycles. The van der Waals surface area contributed by atoms with E-state index in [9.17, 15) is 19.2 Å².